The molecule has 8 unspecified atom stereocenters. The van der Waals surface area contributed by atoms with E-state index in [9.17, 15) is 32.2 Å². The van der Waals surface area contributed by atoms with E-state index in [1.807, 2.05) is 23.6 Å². The molecule has 3 saturated carbocycles. The zero-order chi connectivity index (χ0) is 35.3. The number of hydrogen-bond acceptors (Lipinski definition) is 7. The van der Waals surface area contributed by atoms with Crippen molar-refractivity contribution in [1.82, 2.24) is 4.31 Å². The summed E-state index contributed by atoms with van der Waals surface area (Å²) in [6, 6.07) is 10.6. The monoisotopic (exact) mass is 739 g/mol. The fourth-order valence-corrected chi connectivity index (χ4v) is 14.5. The van der Waals surface area contributed by atoms with Crippen LogP contribution in [-0.4, -0.2) is 53.5 Å². The van der Waals surface area contributed by atoms with Crippen LogP contribution < -0.4 is 0 Å². The van der Waals surface area contributed by atoms with Gasteiger partial charge < -0.3 is 10.2 Å². The Morgan fingerprint density at radius 1 is 0.940 bits per heavy atom. The van der Waals surface area contributed by atoms with Gasteiger partial charge in [-0.1, -0.05) is 44.2 Å². The smallest absolute Gasteiger partial charge is 0.252 e. The third kappa shape index (κ3) is 4.76. The quantitative estimate of drug-likeness (QED) is 0.173. The van der Waals surface area contributed by atoms with Gasteiger partial charge in [0, 0.05) is 45.3 Å². The highest BCUT2D eigenvalue weighted by molar-refractivity contribution is 7.91. The molecule has 0 aliphatic heterocycles. The third-order valence-electron chi connectivity index (χ3n) is 13.9. The predicted octanol–water partition coefficient (Wildman–Crippen LogP) is 7.80. The van der Waals surface area contributed by atoms with E-state index in [0.29, 0.717) is 50.5 Å². The highest BCUT2D eigenvalue weighted by Gasteiger charge is 2.74. The van der Waals surface area contributed by atoms with E-state index in [0.717, 1.165) is 23.4 Å². The highest BCUT2D eigenvalue weighted by Crippen LogP contribution is 2.78. The minimum atomic E-state index is -3.91. The highest BCUT2D eigenvalue weighted by atomic mass is 32.2. The van der Waals surface area contributed by atoms with Gasteiger partial charge in [-0.3, -0.25) is 4.79 Å². The molecule has 6 aliphatic carbocycles. The van der Waals surface area contributed by atoms with Gasteiger partial charge in [0.2, 0.25) is 0 Å². The second kappa shape index (κ2) is 11.7. The van der Waals surface area contributed by atoms with Crippen molar-refractivity contribution in [1.29, 1.82) is 0 Å². The van der Waals surface area contributed by atoms with Crippen molar-refractivity contribution in [3.63, 3.8) is 0 Å². The second-order valence-electron chi connectivity index (χ2n) is 15.9. The van der Waals surface area contributed by atoms with Crippen LogP contribution in [0.25, 0.3) is 0 Å². The standard InChI is InChI=1S/C39H43F2NO5S3/c1-35-13-9-26(43)22-37(35)16-17-39(28(23-37)34(44)25-7-8-29(40)30(41)21-25)31(35)10-14-36(2)32(39)11-15-38(36,45)24-42(18-12-27-5-3-19-48-27)50(46,47)33-6-4-20-49-33/h3-8,16-17,19-21,23,26,31-32,43,45H,9-15,18,22,24H2,1-2H3. The number of carbonyl (C=O) groups excluding carboxylic acids is 1. The maximum atomic E-state index is 14.7. The Morgan fingerprint density at radius 2 is 1.66 bits per heavy atom. The summed E-state index contributed by atoms with van der Waals surface area (Å²) in [6.45, 7) is 4.50. The van der Waals surface area contributed by atoms with Crippen LogP contribution in [0.3, 0.4) is 0 Å². The van der Waals surface area contributed by atoms with Gasteiger partial charge in [0.1, 0.15) is 4.21 Å². The number of halogens is 2. The average Bonchev–Trinajstić information content (AvgIpc) is 3.86. The number of benzene rings is 1. The van der Waals surface area contributed by atoms with Crippen LogP contribution in [0.15, 0.2) is 81.2 Å². The summed E-state index contributed by atoms with van der Waals surface area (Å²) in [5.41, 5.74) is -3.21. The van der Waals surface area contributed by atoms with Crippen molar-refractivity contribution < 1.29 is 32.2 Å². The van der Waals surface area contributed by atoms with Crippen LogP contribution >= 0.6 is 22.7 Å². The molecule has 0 amide bonds. The Balaban J connectivity index is 1.22. The fraction of sp³-hybridized carbons (Fsp3) is 0.513. The molecule has 50 heavy (non-hydrogen) atoms. The number of fused-ring (bicyclic) bond motifs is 1. The van der Waals surface area contributed by atoms with Crippen LogP contribution in [0.1, 0.15) is 74.0 Å². The van der Waals surface area contributed by atoms with Gasteiger partial charge in [0.25, 0.3) is 10.0 Å². The van der Waals surface area contributed by atoms with Crippen molar-refractivity contribution in [2.45, 2.75) is 81.1 Å². The summed E-state index contributed by atoms with van der Waals surface area (Å²) in [4.78, 5) is 15.7. The molecule has 3 aromatic rings. The molecular weight excluding hydrogens is 697 g/mol. The number of hydrogen-bond donors (Lipinski definition) is 2. The zero-order valence-electron chi connectivity index (χ0n) is 28.3. The Morgan fingerprint density at radius 3 is 2.38 bits per heavy atom. The summed E-state index contributed by atoms with van der Waals surface area (Å²) in [7, 11) is -3.91. The summed E-state index contributed by atoms with van der Waals surface area (Å²) >= 11 is 2.74. The lowest BCUT2D eigenvalue weighted by Gasteiger charge is -2.71. The Labute approximate surface area is 300 Å². The van der Waals surface area contributed by atoms with Crippen molar-refractivity contribution in [3.8, 4) is 0 Å². The summed E-state index contributed by atoms with van der Waals surface area (Å²) in [5, 5.41) is 27.6. The van der Waals surface area contributed by atoms with E-state index in [-0.39, 0.29) is 45.9 Å². The van der Waals surface area contributed by atoms with Gasteiger partial charge in [-0.25, -0.2) is 17.2 Å². The van der Waals surface area contributed by atoms with E-state index in [2.05, 4.69) is 26.0 Å². The maximum absolute atomic E-state index is 14.7. The normalized spacial score (nSPS) is 37.3. The largest absolute Gasteiger partial charge is 0.393 e. The van der Waals surface area contributed by atoms with E-state index in [4.69, 9.17) is 0 Å². The average molecular weight is 740 g/mol. The van der Waals surface area contributed by atoms with Gasteiger partial charge in [-0.15, -0.1) is 22.7 Å². The SMILES string of the molecule is CC12CCC(O)CC13C=CC1(C(C(=O)c4ccc(F)c(F)c4)=C3)C2CCC2(C)C1CCC2(O)CN(CCc1cccs1)S(=O)(=O)c1cccs1. The molecule has 266 valence electrons. The van der Waals surface area contributed by atoms with Crippen molar-refractivity contribution >= 4 is 38.5 Å². The van der Waals surface area contributed by atoms with Crippen molar-refractivity contribution in [3.05, 3.63) is 99.1 Å². The maximum Gasteiger partial charge on any atom is 0.252 e. The van der Waals surface area contributed by atoms with Crippen LogP contribution in [0, 0.1) is 45.1 Å². The molecule has 2 spiro atoms. The molecule has 0 saturated heterocycles. The molecule has 6 aliphatic rings. The van der Waals surface area contributed by atoms with Gasteiger partial charge in [-0.2, -0.15) is 4.31 Å². The topological polar surface area (TPSA) is 94.9 Å². The Bertz CT molecular complexity index is 2000. The van der Waals surface area contributed by atoms with Gasteiger partial charge in [0.05, 0.1) is 11.7 Å². The molecule has 11 heteroatoms. The number of ketones is 1. The second-order valence-corrected chi connectivity index (χ2v) is 20.0. The lowest BCUT2D eigenvalue weighted by molar-refractivity contribution is -0.173. The van der Waals surface area contributed by atoms with Crippen LogP contribution in [0.2, 0.25) is 0 Å². The fourth-order valence-electron chi connectivity index (χ4n) is 11.2. The number of carbonyl (C=O) groups is 1. The molecule has 1 aromatic carbocycles. The van der Waals surface area contributed by atoms with Crippen LogP contribution in [0.4, 0.5) is 8.78 Å². The van der Waals surface area contributed by atoms with Crippen molar-refractivity contribution in [2.24, 2.45) is 33.5 Å². The third-order valence-corrected chi connectivity index (χ3v) is 18.0. The van der Waals surface area contributed by atoms with Gasteiger partial charge >= 0.3 is 0 Å². The minimum Gasteiger partial charge on any atom is -0.393 e. The first kappa shape index (κ1) is 34.5. The number of aliphatic hydroxyl groups excluding tert-OH is 1. The van der Waals surface area contributed by atoms with E-state index >= 15 is 0 Å². The predicted molar refractivity (Wildman–Crippen MR) is 190 cm³/mol. The first-order valence-electron chi connectivity index (χ1n) is 17.6. The lowest BCUT2D eigenvalue weighted by Crippen LogP contribution is -2.67. The number of nitrogens with zero attached hydrogens (tertiary/aromatic N) is 1. The Hall–Kier alpha value is -2.54. The molecular formula is C39H43F2NO5S3. The molecule has 3 fully saturated rings. The van der Waals surface area contributed by atoms with E-state index < -0.39 is 49.6 Å². The molecule has 9 rings (SSSR count). The first-order valence-corrected chi connectivity index (χ1v) is 20.8. The minimum absolute atomic E-state index is 0.00644. The zero-order valence-corrected chi connectivity index (χ0v) is 30.7. The van der Waals surface area contributed by atoms with E-state index in [1.165, 1.54) is 21.7 Å². The Kier molecular flexibility index (Phi) is 8.11. The first-order chi connectivity index (χ1) is 23.7. The number of rotatable bonds is 9. The van der Waals surface area contributed by atoms with E-state index in [1.54, 1.807) is 28.8 Å². The van der Waals surface area contributed by atoms with Crippen LogP contribution in [0.5, 0.6) is 0 Å². The molecule has 2 heterocycles. The van der Waals surface area contributed by atoms with Crippen LogP contribution in [-0.2, 0) is 16.4 Å². The molecule has 2 N–H and O–H groups in total. The van der Waals surface area contributed by atoms with Crippen molar-refractivity contribution in [2.75, 3.05) is 13.1 Å². The summed E-state index contributed by atoms with van der Waals surface area (Å²) in [6.07, 6.45) is 10.6. The number of aliphatic hydroxyl groups is 2. The number of sulfonamides is 1. The molecule has 8 atom stereocenters. The molecule has 2 aromatic heterocycles. The number of Topliss-reactive ketones (excluding diaryl/α,β-unsaturated/α-hetero) is 1. The molecule has 6 nitrogen and oxygen atoms in total. The summed E-state index contributed by atoms with van der Waals surface area (Å²) in [5.74, 6) is -2.69. The molecule has 0 radical (unpaired) electrons. The summed E-state index contributed by atoms with van der Waals surface area (Å²) < 4.78 is 58.6. The number of allylic oxidation sites excluding steroid dienone is 4. The van der Waals surface area contributed by atoms with Gasteiger partial charge in [0.15, 0.2) is 17.4 Å². The van der Waals surface area contributed by atoms with Gasteiger partial charge in [-0.05, 0) is 110 Å². The lowest BCUT2D eigenvalue weighted by atomic mass is 9.32. The number of thiophene rings is 2. The molecule has 2 bridgehead atoms.